The molecular formula is C29H25ClN2O4. The van der Waals surface area contributed by atoms with Gasteiger partial charge in [-0.3, -0.25) is 9.69 Å². The van der Waals surface area contributed by atoms with Gasteiger partial charge in [-0.25, -0.2) is 0 Å². The summed E-state index contributed by atoms with van der Waals surface area (Å²) in [4.78, 5) is 15.6. The molecule has 36 heavy (non-hydrogen) atoms. The standard InChI is InChI=1S/C29H25ClN2O4/c1-17-10-25-22(15-32(16-35-25)14-18-6-4-5-7-23(18)30)29-27(17)28(33)26(36-29)11-19-13-31(2)24-9-8-20(34-3)12-21(19)24/h4-13H,14-16H2,1-3H3/b26-11-. The number of Topliss-reactive ketones (excluding diaryl/α,β-unsaturated/α-hetero) is 1. The summed E-state index contributed by atoms with van der Waals surface area (Å²) < 4.78 is 19.8. The maximum Gasteiger partial charge on any atom is 0.232 e. The molecule has 6 rings (SSSR count). The minimum atomic E-state index is -0.117. The molecule has 2 aliphatic heterocycles. The number of hydrogen-bond donors (Lipinski definition) is 0. The predicted octanol–water partition coefficient (Wildman–Crippen LogP) is 6.12. The predicted molar refractivity (Wildman–Crippen MR) is 140 cm³/mol. The molecule has 0 spiro atoms. The SMILES string of the molecule is COc1ccc2c(c1)c(/C=C1\Oc3c4c(cc(C)c3C1=O)OCN(Cc1ccccc1Cl)C4)cn2C. The van der Waals surface area contributed by atoms with Crippen LogP contribution in [0, 0.1) is 6.92 Å². The van der Waals surface area contributed by atoms with Gasteiger partial charge in [-0.05, 0) is 54.5 Å². The van der Waals surface area contributed by atoms with E-state index < -0.39 is 0 Å². The van der Waals surface area contributed by atoms with Crippen molar-refractivity contribution in [3.8, 4) is 17.2 Å². The number of aromatic nitrogens is 1. The number of ketones is 1. The molecule has 0 radical (unpaired) electrons. The summed E-state index contributed by atoms with van der Waals surface area (Å²) >= 11 is 6.38. The van der Waals surface area contributed by atoms with Gasteiger partial charge in [0.1, 0.15) is 24.0 Å². The lowest BCUT2D eigenvalue weighted by atomic mass is 9.98. The molecule has 0 saturated heterocycles. The quantitative estimate of drug-likeness (QED) is 0.316. The summed E-state index contributed by atoms with van der Waals surface area (Å²) in [7, 11) is 3.62. The summed E-state index contributed by atoms with van der Waals surface area (Å²) in [5, 5.41) is 1.71. The molecule has 7 heteroatoms. The minimum Gasteiger partial charge on any atom is -0.497 e. The Morgan fingerprint density at radius 3 is 2.81 bits per heavy atom. The van der Waals surface area contributed by atoms with Gasteiger partial charge in [0.05, 0.1) is 18.2 Å². The lowest BCUT2D eigenvalue weighted by molar-refractivity contribution is 0.0872. The third-order valence-electron chi connectivity index (χ3n) is 6.85. The molecular weight excluding hydrogens is 476 g/mol. The van der Waals surface area contributed by atoms with E-state index in [4.69, 9.17) is 25.8 Å². The van der Waals surface area contributed by atoms with Gasteiger partial charge in [0.15, 0.2) is 5.76 Å². The van der Waals surface area contributed by atoms with Gasteiger partial charge in [0.2, 0.25) is 5.78 Å². The molecule has 0 N–H and O–H groups in total. The van der Waals surface area contributed by atoms with Crippen molar-refractivity contribution in [2.45, 2.75) is 20.0 Å². The Hall–Kier alpha value is -3.74. The van der Waals surface area contributed by atoms with Crippen LogP contribution in [-0.2, 0) is 20.1 Å². The van der Waals surface area contributed by atoms with Gasteiger partial charge in [0, 0.05) is 47.8 Å². The van der Waals surface area contributed by atoms with E-state index in [1.54, 1.807) is 7.11 Å². The molecule has 0 aliphatic carbocycles. The number of halogens is 1. The zero-order valence-electron chi connectivity index (χ0n) is 20.3. The number of methoxy groups -OCH3 is 1. The van der Waals surface area contributed by atoms with Gasteiger partial charge in [-0.15, -0.1) is 0 Å². The van der Waals surface area contributed by atoms with E-state index in [1.807, 2.05) is 79.3 Å². The number of allylic oxidation sites excluding steroid dienone is 1. The molecule has 0 atom stereocenters. The van der Waals surface area contributed by atoms with E-state index in [-0.39, 0.29) is 5.78 Å². The van der Waals surface area contributed by atoms with E-state index in [1.165, 1.54) is 0 Å². The molecule has 182 valence electrons. The topological polar surface area (TPSA) is 52.9 Å². The second-order valence-corrected chi connectivity index (χ2v) is 9.65. The fourth-order valence-corrected chi connectivity index (χ4v) is 5.23. The molecule has 1 aromatic heterocycles. The maximum atomic E-state index is 13.5. The average molecular weight is 501 g/mol. The molecule has 0 saturated carbocycles. The van der Waals surface area contributed by atoms with Gasteiger partial charge in [-0.2, -0.15) is 0 Å². The third kappa shape index (κ3) is 3.74. The minimum absolute atomic E-state index is 0.117. The first kappa shape index (κ1) is 22.7. The molecule has 4 aromatic rings. The number of aryl methyl sites for hydroxylation is 2. The zero-order chi connectivity index (χ0) is 25.0. The Kier molecular flexibility index (Phi) is 5.51. The van der Waals surface area contributed by atoms with Crippen molar-refractivity contribution in [1.29, 1.82) is 0 Å². The smallest absolute Gasteiger partial charge is 0.232 e. The highest BCUT2D eigenvalue weighted by Crippen LogP contribution is 2.44. The number of fused-ring (bicyclic) bond motifs is 4. The van der Waals surface area contributed by atoms with Crippen molar-refractivity contribution in [2.75, 3.05) is 13.8 Å². The zero-order valence-corrected chi connectivity index (χ0v) is 21.1. The third-order valence-corrected chi connectivity index (χ3v) is 7.22. The summed E-state index contributed by atoms with van der Waals surface area (Å²) in [6.07, 6.45) is 3.81. The first-order valence-electron chi connectivity index (χ1n) is 11.8. The molecule has 0 unspecified atom stereocenters. The van der Waals surface area contributed by atoms with Crippen molar-refractivity contribution < 1.29 is 19.0 Å². The molecule has 0 fully saturated rings. The van der Waals surface area contributed by atoms with Gasteiger partial charge < -0.3 is 18.8 Å². The van der Waals surface area contributed by atoms with Crippen molar-refractivity contribution in [1.82, 2.24) is 9.47 Å². The number of carbonyl (C=O) groups excluding carboxylic acids is 1. The molecule has 6 nitrogen and oxygen atoms in total. The highest BCUT2D eigenvalue weighted by molar-refractivity contribution is 6.31. The molecule has 2 aliphatic rings. The Morgan fingerprint density at radius 2 is 2.00 bits per heavy atom. The van der Waals surface area contributed by atoms with Crippen molar-refractivity contribution in [3.05, 3.63) is 93.3 Å². The maximum absolute atomic E-state index is 13.5. The largest absolute Gasteiger partial charge is 0.497 e. The van der Waals surface area contributed by atoms with Crippen LogP contribution in [0.2, 0.25) is 5.02 Å². The van der Waals surface area contributed by atoms with Crippen molar-refractivity contribution in [3.63, 3.8) is 0 Å². The van der Waals surface area contributed by atoms with Crippen LogP contribution in [0.25, 0.3) is 17.0 Å². The first-order chi connectivity index (χ1) is 17.4. The van der Waals surface area contributed by atoms with E-state index in [9.17, 15) is 4.79 Å². The molecule has 3 aromatic carbocycles. The highest BCUT2D eigenvalue weighted by atomic mass is 35.5. The van der Waals surface area contributed by atoms with Gasteiger partial charge >= 0.3 is 0 Å². The van der Waals surface area contributed by atoms with Crippen LogP contribution in [-0.4, -0.2) is 29.1 Å². The number of benzene rings is 3. The number of carbonyl (C=O) groups is 1. The fourth-order valence-electron chi connectivity index (χ4n) is 5.03. The Morgan fingerprint density at radius 1 is 1.17 bits per heavy atom. The van der Waals surface area contributed by atoms with E-state index in [0.717, 1.165) is 49.7 Å². The van der Waals surface area contributed by atoms with Crippen molar-refractivity contribution in [2.24, 2.45) is 7.05 Å². The first-order valence-corrected chi connectivity index (χ1v) is 12.1. The molecule has 3 heterocycles. The van der Waals surface area contributed by atoms with Crippen LogP contribution in [0.5, 0.6) is 17.2 Å². The number of rotatable bonds is 4. The monoisotopic (exact) mass is 500 g/mol. The van der Waals surface area contributed by atoms with Crippen molar-refractivity contribution >= 4 is 34.4 Å². The van der Waals surface area contributed by atoms with Crippen LogP contribution in [0.4, 0.5) is 0 Å². The van der Waals surface area contributed by atoms with E-state index in [2.05, 4.69) is 4.90 Å². The lowest BCUT2D eigenvalue weighted by Crippen LogP contribution is -2.32. The number of hydrogen-bond acceptors (Lipinski definition) is 5. The normalized spacial score (nSPS) is 16.1. The van der Waals surface area contributed by atoms with Gasteiger partial charge in [0.25, 0.3) is 0 Å². The van der Waals surface area contributed by atoms with Crippen LogP contribution in [0.1, 0.15) is 32.6 Å². The van der Waals surface area contributed by atoms with Crippen LogP contribution >= 0.6 is 11.6 Å². The average Bonchev–Trinajstić information content (AvgIpc) is 3.37. The van der Waals surface area contributed by atoms with Crippen LogP contribution in [0.15, 0.2) is 60.5 Å². The summed E-state index contributed by atoms with van der Waals surface area (Å²) in [6.45, 7) is 3.59. The van der Waals surface area contributed by atoms with Crippen LogP contribution < -0.4 is 14.2 Å². The summed E-state index contributed by atoms with van der Waals surface area (Å²) in [5.41, 5.74) is 5.29. The molecule has 0 amide bonds. The Bertz CT molecular complexity index is 1570. The second kappa shape index (κ2) is 8.73. The molecule has 0 bridgehead atoms. The number of ether oxygens (including phenoxy) is 3. The number of nitrogens with zero attached hydrogens (tertiary/aromatic N) is 2. The Labute approximate surface area is 214 Å². The Balaban J connectivity index is 1.36. The van der Waals surface area contributed by atoms with Gasteiger partial charge in [-0.1, -0.05) is 29.8 Å². The summed E-state index contributed by atoms with van der Waals surface area (Å²) in [6, 6.07) is 15.6. The lowest BCUT2D eigenvalue weighted by Gasteiger charge is -2.30. The van der Waals surface area contributed by atoms with E-state index in [0.29, 0.717) is 36.9 Å². The van der Waals surface area contributed by atoms with Crippen LogP contribution in [0.3, 0.4) is 0 Å². The highest BCUT2D eigenvalue weighted by Gasteiger charge is 2.35. The summed E-state index contributed by atoms with van der Waals surface area (Å²) in [5.74, 6) is 2.29. The fraction of sp³-hybridized carbons (Fsp3) is 0.207. The van der Waals surface area contributed by atoms with E-state index >= 15 is 0 Å². The second-order valence-electron chi connectivity index (χ2n) is 9.24.